The van der Waals surface area contributed by atoms with E-state index in [1.807, 2.05) is 0 Å². The van der Waals surface area contributed by atoms with Crippen molar-refractivity contribution in [3.05, 3.63) is 24.3 Å². The van der Waals surface area contributed by atoms with Crippen LogP contribution in [0.3, 0.4) is 0 Å². The van der Waals surface area contributed by atoms with Crippen molar-refractivity contribution < 1.29 is 23.1 Å². The number of hydrogen-bond acceptors (Lipinski definition) is 4. The molecule has 3 N–H and O–H groups in total. The second-order valence-corrected chi connectivity index (χ2v) is 6.48. The lowest BCUT2D eigenvalue weighted by Gasteiger charge is -2.08. The van der Waals surface area contributed by atoms with Gasteiger partial charge in [0.25, 0.3) is 0 Å². The van der Waals surface area contributed by atoms with Gasteiger partial charge in [-0.1, -0.05) is 6.07 Å². The number of amides is 1. The molecule has 1 amide bonds. The summed E-state index contributed by atoms with van der Waals surface area (Å²) in [6.45, 7) is 0. The van der Waals surface area contributed by atoms with Crippen molar-refractivity contribution in [1.29, 1.82) is 0 Å². The van der Waals surface area contributed by atoms with Crippen LogP contribution < -0.4 is 10.0 Å². The van der Waals surface area contributed by atoms with Crippen molar-refractivity contribution in [3.8, 4) is 0 Å². The fraction of sp³-hybridized carbons (Fsp3) is 0.333. The maximum atomic E-state index is 11.8. The van der Waals surface area contributed by atoms with Gasteiger partial charge < -0.3 is 10.4 Å². The van der Waals surface area contributed by atoms with Gasteiger partial charge in [0, 0.05) is 5.69 Å². The Morgan fingerprint density at radius 2 is 1.90 bits per heavy atom. The Morgan fingerprint density at radius 1 is 1.25 bits per heavy atom. The summed E-state index contributed by atoms with van der Waals surface area (Å²) in [6.07, 6.45) is 1.36. The largest absolute Gasteiger partial charge is 0.481 e. The van der Waals surface area contributed by atoms with Crippen molar-refractivity contribution in [3.63, 3.8) is 0 Å². The molecule has 1 aromatic rings. The van der Waals surface area contributed by atoms with E-state index in [-0.39, 0.29) is 5.91 Å². The number of rotatable bonds is 5. The average molecular weight is 298 g/mol. The maximum absolute atomic E-state index is 11.8. The molecular formula is C12H14N2O5S. The molecule has 7 nitrogen and oxygen atoms in total. The minimum absolute atomic E-state index is 0.330. The predicted octanol–water partition coefficient (Wildman–Crippen LogP) is 0.717. The van der Waals surface area contributed by atoms with Gasteiger partial charge in [-0.15, -0.1) is 0 Å². The van der Waals surface area contributed by atoms with E-state index in [2.05, 4.69) is 10.0 Å². The van der Waals surface area contributed by atoms with Crippen LogP contribution in [0.15, 0.2) is 24.3 Å². The first-order valence-electron chi connectivity index (χ1n) is 5.88. The van der Waals surface area contributed by atoms with Crippen LogP contribution in [0.25, 0.3) is 0 Å². The van der Waals surface area contributed by atoms with E-state index in [1.54, 1.807) is 18.2 Å². The standard InChI is InChI=1S/C12H14N2O5S/c1-20(18,19)14-8-4-2-3-7(5-8)13-11(15)9-6-10(9)12(16)17/h2-5,9-10,14H,6H2,1H3,(H,13,15)(H,16,17). The van der Waals surface area contributed by atoms with Crippen molar-refractivity contribution in [1.82, 2.24) is 0 Å². The van der Waals surface area contributed by atoms with Gasteiger partial charge in [-0.2, -0.15) is 0 Å². The third-order valence-electron chi connectivity index (χ3n) is 2.88. The molecule has 20 heavy (non-hydrogen) atoms. The fourth-order valence-corrected chi connectivity index (χ4v) is 2.42. The molecular weight excluding hydrogens is 284 g/mol. The Bertz CT molecular complexity index is 656. The van der Waals surface area contributed by atoms with Gasteiger partial charge in [-0.05, 0) is 24.6 Å². The number of carboxylic acid groups (broad SMARTS) is 1. The molecule has 0 heterocycles. The molecule has 8 heteroatoms. The molecule has 1 aromatic carbocycles. The van der Waals surface area contributed by atoms with Gasteiger partial charge in [-0.3, -0.25) is 14.3 Å². The Labute approximate surface area is 116 Å². The summed E-state index contributed by atoms with van der Waals surface area (Å²) in [7, 11) is -3.39. The zero-order valence-corrected chi connectivity index (χ0v) is 11.5. The smallest absolute Gasteiger partial charge is 0.307 e. The molecule has 1 fully saturated rings. The molecule has 2 rings (SSSR count). The highest BCUT2D eigenvalue weighted by molar-refractivity contribution is 7.92. The summed E-state index contributed by atoms with van der Waals surface area (Å²) in [5, 5.41) is 11.3. The SMILES string of the molecule is CS(=O)(=O)Nc1cccc(NC(=O)C2CC2C(=O)O)c1. The Balaban J connectivity index is 2.02. The van der Waals surface area contributed by atoms with Crippen LogP contribution >= 0.6 is 0 Å². The summed E-state index contributed by atoms with van der Waals surface area (Å²) in [4.78, 5) is 22.5. The summed E-state index contributed by atoms with van der Waals surface area (Å²) >= 11 is 0. The maximum Gasteiger partial charge on any atom is 0.307 e. The number of carbonyl (C=O) groups excluding carboxylic acids is 1. The molecule has 0 bridgehead atoms. The van der Waals surface area contributed by atoms with Crippen LogP contribution in [0.1, 0.15) is 6.42 Å². The molecule has 1 aliphatic carbocycles. The van der Waals surface area contributed by atoms with E-state index in [4.69, 9.17) is 5.11 Å². The number of carboxylic acids is 1. The molecule has 108 valence electrons. The number of aliphatic carboxylic acids is 1. The Kier molecular flexibility index (Phi) is 3.67. The van der Waals surface area contributed by atoms with Crippen LogP contribution in [-0.4, -0.2) is 31.7 Å². The van der Waals surface area contributed by atoms with Crippen LogP contribution in [0.4, 0.5) is 11.4 Å². The quantitative estimate of drug-likeness (QED) is 0.741. The third kappa shape index (κ3) is 3.70. The van der Waals surface area contributed by atoms with Gasteiger partial charge in [0.2, 0.25) is 15.9 Å². The number of hydrogen-bond donors (Lipinski definition) is 3. The monoisotopic (exact) mass is 298 g/mol. The van der Waals surface area contributed by atoms with Crippen LogP contribution in [-0.2, 0) is 19.6 Å². The van der Waals surface area contributed by atoms with Crippen molar-refractivity contribution in [2.45, 2.75) is 6.42 Å². The third-order valence-corrected chi connectivity index (χ3v) is 3.48. The minimum atomic E-state index is -3.39. The molecule has 2 atom stereocenters. The lowest BCUT2D eigenvalue weighted by Crippen LogP contribution is -2.17. The van der Waals surface area contributed by atoms with E-state index in [0.29, 0.717) is 17.8 Å². The summed E-state index contributed by atoms with van der Waals surface area (Å²) < 4.78 is 24.5. The van der Waals surface area contributed by atoms with Crippen molar-refractivity contribution >= 4 is 33.3 Å². The summed E-state index contributed by atoms with van der Waals surface area (Å²) in [5.41, 5.74) is 0.746. The highest BCUT2D eigenvalue weighted by atomic mass is 32.2. The number of nitrogens with one attached hydrogen (secondary N) is 2. The topological polar surface area (TPSA) is 113 Å². The number of carbonyl (C=O) groups is 2. The Morgan fingerprint density at radius 3 is 2.45 bits per heavy atom. The molecule has 0 aromatic heterocycles. The number of sulfonamides is 1. The van der Waals surface area contributed by atoms with Gasteiger partial charge in [-0.25, -0.2) is 8.42 Å². The highest BCUT2D eigenvalue weighted by Gasteiger charge is 2.48. The molecule has 0 radical (unpaired) electrons. The lowest BCUT2D eigenvalue weighted by atomic mass is 10.2. The van der Waals surface area contributed by atoms with Crippen LogP contribution in [0.5, 0.6) is 0 Å². The predicted molar refractivity (Wildman–Crippen MR) is 72.8 cm³/mol. The second-order valence-electron chi connectivity index (χ2n) is 4.73. The lowest BCUT2D eigenvalue weighted by molar-refractivity contribution is -0.139. The minimum Gasteiger partial charge on any atom is -0.481 e. The molecule has 0 aliphatic heterocycles. The van der Waals surface area contributed by atoms with Gasteiger partial charge in [0.1, 0.15) is 0 Å². The molecule has 0 spiro atoms. The number of benzene rings is 1. The van der Waals surface area contributed by atoms with Crippen molar-refractivity contribution in [2.24, 2.45) is 11.8 Å². The van der Waals surface area contributed by atoms with E-state index in [1.165, 1.54) is 6.07 Å². The second kappa shape index (κ2) is 5.12. The van der Waals surface area contributed by atoms with Crippen LogP contribution in [0.2, 0.25) is 0 Å². The normalized spacial score (nSPS) is 21.1. The first-order chi connectivity index (χ1) is 9.26. The average Bonchev–Trinajstić information content (AvgIpc) is 3.06. The van der Waals surface area contributed by atoms with Gasteiger partial charge >= 0.3 is 5.97 Å². The molecule has 2 unspecified atom stereocenters. The highest BCUT2D eigenvalue weighted by Crippen LogP contribution is 2.39. The molecule has 1 saturated carbocycles. The summed E-state index contributed by atoms with van der Waals surface area (Å²) in [5.74, 6) is -2.47. The summed E-state index contributed by atoms with van der Waals surface area (Å²) in [6, 6.07) is 6.21. The number of anilines is 2. The van der Waals surface area contributed by atoms with Gasteiger partial charge in [0.15, 0.2) is 0 Å². The van der Waals surface area contributed by atoms with Gasteiger partial charge in [0.05, 0.1) is 23.8 Å². The zero-order valence-electron chi connectivity index (χ0n) is 10.7. The first kappa shape index (κ1) is 14.3. The first-order valence-corrected chi connectivity index (χ1v) is 7.77. The Hall–Kier alpha value is -2.09. The van der Waals surface area contributed by atoms with E-state index in [0.717, 1.165) is 6.26 Å². The zero-order chi connectivity index (χ0) is 14.9. The van der Waals surface area contributed by atoms with E-state index in [9.17, 15) is 18.0 Å². The fourth-order valence-electron chi connectivity index (χ4n) is 1.87. The van der Waals surface area contributed by atoms with Crippen LogP contribution in [0, 0.1) is 11.8 Å². The van der Waals surface area contributed by atoms with E-state index < -0.39 is 27.8 Å². The van der Waals surface area contributed by atoms with Crippen molar-refractivity contribution in [2.75, 3.05) is 16.3 Å². The van der Waals surface area contributed by atoms with E-state index >= 15 is 0 Å². The molecule has 1 aliphatic rings. The molecule has 0 saturated heterocycles.